The number of aliphatic hydroxyl groups is 1. The molecule has 1 N–H and O–H groups in total. The van der Waals surface area contributed by atoms with Gasteiger partial charge in [-0.1, -0.05) is 19.3 Å². The van der Waals surface area contributed by atoms with Crippen LogP contribution in [0.1, 0.15) is 46.0 Å². The predicted octanol–water partition coefficient (Wildman–Crippen LogP) is 1.47. The summed E-state index contributed by atoms with van der Waals surface area (Å²) in [6.07, 6.45) is 4.45. The van der Waals surface area contributed by atoms with Gasteiger partial charge in [-0.2, -0.15) is 0 Å². The largest absolute Gasteiger partial charge is 0.503 e. The molecule has 0 bridgehead atoms. The van der Waals surface area contributed by atoms with Crippen molar-refractivity contribution in [3.63, 3.8) is 0 Å². The zero-order chi connectivity index (χ0) is 17.0. The van der Waals surface area contributed by atoms with Gasteiger partial charge in [-0.3, -0.25) is 4.79 Å². The quantitative estimate of drug-likeness (QED) is 0.769. The molecule has 1 aliphatic heterocycles. The van der Waals surface area contributed by atoms with Gasteiger partial charge in [0.1, 0.15) is 5.57 Å². The van der Waals surface area contributed by atoms with Gasteiger partial charge in [-0.15, -0.1) is 0 Å². The Kier molecular flexibility index (Phi) is 5.63. The fraction of sp³-hybridized carbons (Fsp3) is 0.688. The van der Waals surface area contributed by atoms with E-state index in [0.717, 1.165) is 32.1 Å². The molecule has 0 unspecified atom stereocenters. The number of rotatable bonds is 5. The zero-order valence-corrected chi connectivity index (χ0v) is 13.5. The SMILES string of the molecule is CCOC(=O)C1=C(O)C(=O)N(C2CCCCC2)[C@@H]1C(=O)OCC. The summed E-state index contributed by atoms with van der Waals surface area (Å²) in [6, 6.07) is -1.40. The van der Waals surface area contributed by atoms with Crippen LogP contribution in [0.2, 0.25) is 0 Å². The van der Waals surface area contributed by atoms with Crippen molar-refractivity contribution in [1.29, 1.82) is 0 Å². The van der Waals surface area contributed by atoms with E-state index in [9.17, 15) is 19.5 Å². The second-order valence-electron chi connectivity index (χ2n) is 5.64. The molecule has 1 amide bonds. The smallest absolute Gasteiger partial charge is 0.340 e. The highest BCUT2D eigenvalue weighted by Crippen LogP contribution is 2.34. The highest BCUT2D eigenvalue weighted by atomic mass is 16.5. The second kappa shape index (κ2) is 7.48. The van der Waals surface area contributed by atoms with Crippen LogP contribution in [0.3, 0.4) is 0 Å². The maximum absolute atomic E-state index is 12.4. The average Bonchev–Trinajstić information content (AvgIpc) is 2.81. The van der Waals surface area contributed by atoms with Gasteiger partial charge in [-0.05, 0) is 26.7 Å². The van der Waals surface area contributed by atoms with Gasteiger partial charge in [-0.25, -0.2) is 9.59 Å². The Morgan fingerprint density at radius 1 is 1.13 bits per heavy atom. The lowest BCUT2D eigenvalue weighted by atomic mass is 9.93. The summed E-state index contributed by atoms with van der Waals surface area (Å²) in [5.74, 6) is -2.96. The highest BCUT2D eigenvalue weighted by molar-refractivity contribution is 6.11. The van der Waals surface area contributed by atoms with E-state index >= 15 is 0 Å². The fourth-order valence-corrected chi connectivity index (χ4v) is 3.23. The van der Waals surface area contributed by atoms with Crippen LogP contribution in [0.4, 0.5) is 0 Å². The molecule has 2 aliphatic rings. The average molecular weight is 325 g/mol. The number of amides is 1. The summed E-state index contributed by atoms with van der Waals surface area (Å²) in [5, 5.41) is 10.1. The van der Waals surface area contributed by atoms with Crippen LogP contribution in [0, 0.1) is 0 Å². The number of nitrogens with zero attached hydrogens (tertiary/aromatic N) is 1. The first-order valence-corrected chi connectivity index (χ1v) is 8.12. The van der Waals surface area contributed by atoms with Crippen LogP contribution < -0.4 is 0 Å². The number of carbonyl (C=O) groups is 3. The highest BCUT2D eigenvalue weighted by Gasteiger charge is 2.50. The van der Waals surface area contributed by atoms with Crippen molar-refractivity contribution in [3.05, 3.63) is 11.3 Å². The van der Waals surface area contributed by atoms with E-state index in [1.807, 2.05) is 0 Å². The molecular formula is C16H23NO6. The molecule has 1 atom stereocenters. The fourth-order valence-electron chi connectivity index (χ4n) is 3.23. The topological polar surface area (TPSA) is 93.1 Å². The summed E-state index contributed by atoms with van der Waals surface area (Å²) in [4.78, 5) is 38.2. The number of hydrogen-bond acceptors (Lipinski definition) is 6. The monoisotopic (exact) mass is 325 g/mol. The van der Waals surface area contributed by atoms with Crippen molar-refractivity contribution in [2.45, 2.75) is 58.0 Å². The van der Waals surface area contributed by atoms with Gasteiger partial charge in [0.05, 0.1) is 13.2 Å². The van der Waals surface area contributed by atoms with Gasteiger partial charge in [0.25, 0.3) is 5.91 Å². The van der Waals surface area contributed by atoms with Crippen molar-refractivity contribution >= 4 is 17.8 Å². The van der Waals surface area contributed by atoms with E-state index in [-0.39, 0.29) is 24.8 Å². The third-order valence-corrected chi connectivity index (χ3v) is 4.22. The molecule has 0 aromatic rings. The lowest BCUT2D eigenvalue weighted by Gasteiger charge is -2.34. The summed E-state index contributed by atoms with van der Waals surface area (Å²) in [7, 11) is 0. The normalized spacial score (nSPS) is 22.4. The molecule has 128 valence electrons. The Morgan fingerprint density at radius 2 is 1.74 bits per heavy atom. The van der Waals surface area contributed by atoms with Crippen LogP contribution in [0.25, 0.3) is 0 Å². The van der Waals surface area contributed by atoms with Crippen molar-refractivity contribution < 1.29 is 29.0 Å². The van der Waals surface area contributed by atoms with E-state index in [1.54, 1.807) is 13.8 Å². The number of hydrogen-bond donors (Lipinski definition) is 1. The van der Waals surface area contributed by atoms with Crippen molar-refractivity contribution in [1.82, 2.24) is 4.90 Å². The molecule has 1 heterocycles. The molecular weight excluding hydrogens is 302 g/mol. The zero-order valence-electron chi connectivity index (χ0n) is 13.5. The van der Waals surface area contributed by atoms with Gasteiger partial charge in [0.15, 0.2) is 11.8 Å². The van der Waals surface area contributed by atoms with Crippen LogP contribution in [0.5, 0.6) is 0 Å². The van der Waals surface area contributed by atoms with E-state index < -0.39 is 29.6 Å². The van der Waals surface area contributed by atoms with Crippen LogP contribution in [-0.4, -0.2) is 53.1 Å². The molecule has 7 nitrogen and oxygen atoms in total. The predicted molar refractivity (Wildman–Crippen MR) is 80.4 cm³/mol. The number of aliphatic hydroxyl groups excluding tert-OH is 1. The van der Waals surface area contributed by atoms with Gasteiger partial charge in [0.2, 0.25) is 0 Å². The molecule has 1 saturated carbocycles. The first-order chi connectivity index (χ1) is 11.0. The third-order valence-electron chi connectivity index (χ3n) is 4.22. The minimum atomic E-state index is -1.22. The summed E-state index contributed by atoms with van der Waals surface area (Å²) < 4.78 is 9.91. The number of ether oxygens (including phenoxy) is 2. The molecule has 1 aliphatic carbocycles. The van der Waals surface area contributed by atoms with Gasteiger partial charge in [0, 0.05) is 6.04 Å². The molecule has 1 fully saturated rings. The van der Waals surface area contributed by atoms with E-state index in [0.29, 0.717) is 0 Å². The first kappa shape index (κ1) is 17.3. The maximum Gasteiger partial charge on any atom is 0.340 e. The number of carbonyl (C=O) groups excluding carboxylic acids is 3. The van der Waals surface area contributed by atoms with Crippen LogP contribution >= 0.6 is 0 Å². The molecule has 23 heavy (non-hydrogen) atoms. The molecule has 7 heteroatoms. The van der Waals surface area contributed by atoms with Gasteiger partial charge < -0.3 is 19.5 Å². The Bertz CT molecular complexity index is 521. The van der Waals surface area contributed by atoms with Crippen LogP contribution in [-0.2, 0) is 23.9 Å². The van der Waals surface area contributed by atoms with Crippen LogP contribution in [0.15, 0.2) is 11.3 Å². The Balaban J connectivity index is 2.36. The molecule has 0 aromatic carbocycles. The van der Waals surface area contributed by atoms with E-state index in [1.165, 1.54) is 4.90 Å². The van der Waals surface area contributed by atoms with E-state index in [4.69, 9.17) is 9.47 Å². The summed E-state index contributed by atoms with van der Waals surface area (Å²) in [5.41, 5.74) is -0.305. The molecule has 0 radical (unpaired) electrons. The Labute approximate surface area is 135 Å². The maximum atomic E-state index is 12.4. The second-order valence-corrected chi connectivity index (χ2v) is 5.64. The van der Waals surface area contributed by atoms with Crippen molar-refractivity contribution in [2.75, 3.05) is 13.2 Å². The first-order valence-electron chi connectivity index (χ1n) is 8.12. The van der Waals surface area contributed by atoms with E-state index in [2.05, 4.69) is 0 Å². The van der Waals surface area contributed by atoms with Crippen molar-refractivity contribution in [3.8, 4) is 0 Å². The molecule has 0 aromatic heterocycles. The molecule has 0 saturated heterocycles. The minimum absolute atomic E-state index is 0.0861. The Morgan fingerprint density at radius 3 is 2.30 bits per heavy atom. The summed E-state index contributed by atoms with van der Waals surface area (Å²) >= 11 is 0. The summed E-state index contributed by atoms with van der Waals surface area (Å²) in [6.45, 7) is 3.47. The van der Waals surface area contributed by atoms with Crippen molar-refractivity contribution in [2.24, 2.45) is 0 Å². The number of esters is 2. The lowest BCUT2D eigenvalue weighted by Crippen LogP contribution is -2.49. The third kappa shape index (κ3) is 3.33. The standard InChI is InChI=1S/C16H23NO6/c1-3-22-15(20)11-12(16(21)23-4-2)17(14(19)13(11)18)10-8-6-5-7-9-10/h10,12,18H,3-9H2,1-2H3/t12-/m0/s1. The van der Waals surface area contributed by atoms with Gasteiger partial charge >= 0.3 is 11.9 Å². The Hall–Kier alpha value is -2.05. The molecule has 2 rings (SSSR count). The molecule has 0 spiro atoms. The lowest BCUT2D eigenvalue weighted by molar-refractivity contribution is -0.154. The minimum Gasteiger partial charge on any atom is -0.503 e.